The van der Waals surface area contributed by atoms with E-state index >= 15 is 0 Å². The Morgan fingerprint density at radius 1 is 0.403 bits per heavy atom. The number of carbonyl (C=O) groups is 7. The number of amides is 7. The van der Waals surface area contributed by atoms with Crippen LogP contribution in [-0.4, -0.2) is 252 Å². The fourth-order valence-electron chi connectivity index (χ4n) is 20.5. The van der Waals surface area contributed by atoms with Gasteiger partial charge in [0, 0.05) is 205 Å². The van der Waals surface area contributed by atoms with Gasteiger partial charge in [-0.15, -0.1) is 0 Å². The molecule has 13 aromatic rings. The van der Waals surface area contributed by atoms with Crippen LogP contribution in [0.25, 0.3) is 43.6 Å². The summed E-state index contributed by atoms with van der Waals surface area (Å²) in [6.45, 7) is 16.9. The lowest BCUT2D eigenvalue weighted by molar-refractivity contribution is 0.0522. The molecule has 1 aliphatic carbocycles. The fourth-order valence-corrected chi connectivity index (χ4v) is 21.7. The number of fused-ring (bicyclic) bond motifs is 12. The zero-order valence-corrected chi connectivity index (χ0v) is 84.7. The molecule has 4 aromatic heterocycles. The Bertz CT molecular complexity index is 6590. The van der Waals surface area contributed by atoms with Gasteiger partial charge >= 0.3 is 24.4 Å². The molecule has 9 aromatic carbocycles. The molecule has 2 saturated heterocycles. The topological polar surface area (TPSA) is 270 Å². The standard InChI is InChI=1S/C31H37ClN4O3.C29H29Cl2N3O3.C26H29BrN4O3.C22H22BrN3O3/c1-2-39-31(38)36-15-14-25-26-20-23(32)12-13-27(26)33-28(25)29(36)21-8-10-22(11-9-21)30(37)35-18-16-34(17-19-35)24-6-4-3-5-7-24;1-33(2)15-3-17-36-22-9-4-19(5-10-22)28-27-24(25-18-21(31)8-13-26(25)32-27)14-16-34(28)29(35)37-23-11-6-20(30)7-12-23;1-3-34-26(33)31-11-10-20-21-16-19(27)8-9-22(21)28-23(20)24(31)17-4-6-18(7-5-17)25(32)30-14-12-29(2)13-15-30;1-3-29-22(28)26-11-10-16-17-12-15(23)8-9-18(17)25-19(16)20(26)13-4-6-14(7-5-13)21(27)24-2/h8-13,20,24,29,33H,2-7,14-19H2,1H3;4-13,18,28,32H,3,14-17H2,1-2H3;4-9,16,24,28H,3,10-15H2,1-2H3;4-9,12,20,25H,3,10-11H2,1-2H3,(H,24,27). The summed E-state index contributed by atoms with van der Waals surface area (Å²) in [4.78, 5) is 122. The number of hydrogen-bond acceptors (Lipinski definition) is 15. The highest BCUT2D eigenvalue weighted by Crippen LogP contribution is 2.46. The number of rotatable bonds is 17. The summed E-state index contributed by atoms with van der Waals surface area (Å²) < 4.78 is 29.9. The number of piperazine rings is 2. The molecule has 31 heteroatoms. The molecule has 7 aliphatic rings. The minimum Gasteiger partial charge on any atom is -0.494 e. The molecule has 1 saturated carbocycles. The summed E-state index contributed by atoms with van der Waals surface area (Å²) in [7, 11) is 7.78. The van der Waals surface area contributed by atoms with E-state index in [1.54, 1.807) is 70.0 Å². The molecule has 726 valence electrons. The van der Waals surface area contributed by atoms with Gasteiger partial charge in [0.2, 0.25) is 0 Å². The SMILES string of the molecule is CCOC(=O)N1CCc2c([nH]c3ccc(Br)cc23)C1c1ccc(C(=O)N2CCN(C)CC2)cc1.CCOC(=O)N1CCc2c([nH]c3ccc(Br)cc23)C1c1ccc(C(=O)NC)cc1.CCOC(=O)N1CCc2c([nH]c3ccc(Cl)cc23)C1c1ccc(C(=O)N2CCN(C3CCCCC3)CC2)cc1.CN(C)CCCOc1ccc(C2c3[nH]c4ccc(Cl)cc4c3CCN2C(=O)Oc2ccc(Cl)cc2)cc1. The summed E-state index contributed by atoms with van der Waals surface area (Å²) in [6, 6.07) is 61.0. The van der Waals surface area contributed by atoms with Crippen molar-refractivity contribution in [2.24, 2.45) is 0 Å². The van der Waals surface area contributed by atoms with E-state index in [0.29, 0.717) is 109 Å². The quantitative estimate of drug-likeness (QED) is 0.0419. The van der Waals surface area contributed by atoms with Crippen LogP contribution < -0.4 is 14.8 Å². The average molecular weight is 2070 g/mol. The van der Waals surface area contributed by atoms with Crippen molar-refractivity contribution >= 4 is 152 Å². The lowest BCUT2D eigenvalue weighted by atomic mass is 9.92. The molecule has 26 nitrogen and oxygen atoms in total. The number of hydrogen-bond donors (Lipinski definition) is 5. The number of nitrogens with zero attached hydrogens (tertiary/aromatic N) is 9. The zero-order chi connectivity index (χ0) is 97.2. The van der Waals surface area contributed by atoms with Crippen molar-refractivity contribution in [2.75, 3.05) is 140 Å². The third-order valence-corrected chi connectivity index (χ3v) is 29.2. The van der Waals surface area contributed by atoms with Crippen LogP contribution in [0.2, 0.25) is 15.1 Å². The molecule has 0 radical (unpaired) electrons. The summed E-state index contributed by atoms with van der Waals surface area (Å²) in [5, 5.41) is 9.08. The van der Waals surface area contributed by atoms with Gasteiger partial charge in [-0.3, -0.25) is 38.9 Å². The highest BCUT2D eigenvalue weighted by Gasteiger charge is 2.42. The predicted octanol–water partition coefficient (Wildman–Crippen LogP) is 21.8. The zero-order valence-electron chi connectivity index (χ0n) is 79.3. The van der Waals surface area contributed by atoms with Gasteiger partial charge in [-0.25, -0.2) is 19.2 Å². The Hall–Kier alpha value is -11.9. The van der Waals surface area contributed by atoms with Gasteiger partial charge < -0.3 is 68.5 Å². The van der Waals surface area contributed by atoms with E-state index in [2.05, 4.69) is 111 Å². The van der Waals surface area contributed by atoms with E-state index in [0.717, 1.165) is 176 Å². The Morgan fingerprint density at radius 3 is 1.13 bits per heavy atom. The number of benzene rings is 9. The second kappa shape index (κ2) is 44.7. The van der Waals surface area contributed by atoms with E-state index in [-0.39, 0.29) is 60.2 Å². The van der Waals surface area contributed by atoms with Gasteiger partial charge in [0.1, 0.15) is 35.7 Å². The van der Waals surface area contributed by atoms with Crippen LogP contribution in [0.4, 0.5) is 19.2 Å². The van der Waals surface area contributed by atoms with Crippen LogP contribution in [0, 0.1) is 0 Å². The van der Waals surface area contributed by atoms with Crippen molar-refractivity contribution in [1.29, 1.82) is 0 Å². The second-order valence-electron chi connectivity index (χ2n) is 36.4. The number of likely N-dealkylation sites (N-methyl/N-ethyl adjacent to an activating group) is 1. The van der Waals surface area contributed by atoms with Crippen molar-refractivity contribution in [1.82, 2.24) is 69.4 Å². The van der Waals surface area contributed by atoms with Gasteiger partial charge in [0.15, 0.2) is 0 Å². The maximum atomic E-state index is 13.4. The number of halogens is 5. The fraction of sp³-hybridized carbons (Fsp3) is 0.361. The van der Waals surface area contributed by atoms with Crippen molar-refractivity contribution in [2.45, 2.75) is 115 Å². The van der Waals surface area contributed by atoms with Crippen molar-refractivity contribution in [3.63, 3.8) is 0 Å². The smallest absolute Gasteiger partial charge is 0.416 e. The molecule has 0 bridgehead atoms. The number of carbonyl (C=O) groups excluding carboxylic acids is 7. The molecule has 10 heterocycles. The first-order valence-corrected chi connectivity index (χ1v) is 50.8. The van der Waals surface area contributed by atoms with Crippen LogP contribution in [0.5, 0.6) is 11.5 Å². The normalized spacial score (nSPS) is 17.7. The number of H-pyrrole nitrogens is 4. The summed E-state index contributed by atoms with van der Waals surface area (Å²) in [6.07, 6.45) is 9.06. The summed E-state index contributed by atoms with van der Waals surface area (Å²) >= 11 is 25.8. The third kappa shape index (κ3) is 22.2. The predicted molar refractivity (Wildman–Crippen MR) is 552 cm³/mol. The Morgan fingerprint density at radius 2 is 0.748 bits per heavy atom. The van der Waals surface area contributed by atoms with Crippen molar-refractivity contribution < 1.29 is 57.2 Å². The van der Waals surface area contributed by atoms with Gasteiger partial charge in [0.25, 0.3) is 17.7 Å². The van der Waals surface area contributed by atoms with Crippen LogP contribution in [0.1, 0.15) is 182 Å². The van der Waals surface area contributed by atoms with Crippen LogP contribution >= 0.6 is 66.7 Å². The third-order valence-electron chi connectivity index (χ3n) is 27.5. The lowest BCUT2D eigenvalue weighted by Crippen LogP contribution is -2.52. The first-order valence-electron chi connectivity index (χ1n) is 48.1. The number of ether oxygens (including phenoxy) is 5. The highest BCUT2D eigenvalue weighted by molar-refractivity contribution is 9.10. The van der Waals surface area contributed by atoms with Crippen LogP contribution in [0.3, 0.4) is 0 Å². The molecule has 0 spiro atoms. The van der Waals surface area contributed by atoms with Gasteiger partial charge in [0.05, 0.1) is 26.4 Å². The maximum absolute atomic E-state index is 13.4. The van der Waals surface area contributed by atoms with Gasteiger partial charge in [-0.05, 0) is 277 Å². The Kier molecular flexibility index (Phi) is 31.8. The first kappa shape index (κ1) is 98.7. The summed E-state index contributed by atoms with van der Waals surface area (Å²) in [5.74, 6) is 1.25. The van der Waals surface area contributed by atoms with Crippen LogP contribution in [0.15, 0.2) is 203 Å². The molecule has 139 heavy (non-hydrogen) atoms. The molecule has 7 amide bonds. The minimum absolute atomic E-state index is 0.0571. The lowest BCUT2D eigenvalue weighted by Gasteiger charge is -2.40. The van der Waals surface area contributed by atoms with Crippen molar-refractivity contribution in [3.8, 4) is 11.5 Å². The van der Waals surface area contributed by atoms with Gasteiger partial charge in [-0.2, -0.15) is 0 Å². The van der Waals surface area contributed by atoms with Gasteiger partial charge in [-0.1, -0.05) is 134 Å². The average Bonchev–Trinajstić information content (AvgIpc) is 1.62. The monoisotopic (exact) mass is 2060 g/mol. The molecular weight excluding hydrogens is 1950 g/mol. The molecule has 5 N–H and O–H groups in total. The Balaban J connectivity index is 0.000000129. The van der Waals surface area contributed by atoms with Crippen molar-refractivity contribution in [3.05, 3.63) is 302 Å². The van der Waals surface area contributed by atoms with E-state index in [1.807, 2.05) is 163 Å². The van der Waals surface area contributed by atoms with E-state index in [4.69, 9.17) is 58.5 Å². The minimum atomic E-state index is -0.418. The molecule has 4 unspecified atom stereocenters. The van der Waals surface area contributed by atoms with E-state index < -0.39 is 6.09 Å². The molecule has 4 atom stereocenters. The van der Waals surface area contributed by atoms with E-state index in [9.17, 15) is 33.6 Å². The first-order chi connectivity index (χ1) is 67.4. The number of aromatic amines is 4. The second-order valence-corrected chi connectivity index (χ2v) is 39.5. The molecule has 6 aliphatic heterocycles. The Labute approximate surface area is 841 Å². The number of nitrogens with one attached hydrogen (secondary N) is 5. The number of aromatic nitrogens is 4. The largest absolute Gasteiger partial charge is 0.494 e. The molecule has 20 rings (SSSR count). The molecular formula is C108H117Br2Cl3N14O12. The van der Waals surface area contributed by atoms with Crippen LogP contribution in [-0.2, 0) is 39.9 Å². The van der Waals surface area contributed by atoms with E-state index in [1.165, 1.54) is 59.7 Å². The highest BCUT2D eigenvalue weighted by atomic mass is 79.9. The maximum Gasteiger partial charge on any atom is 0.416 e. The molecule has 3 fully saturated rings. The summed E-state index contributed by atoms with van der Waals surface area (Å²) in [5.41, 5.74) is 18.5.